The van der Waals surface area contributed by atoms with Crippen molar-refractivity contribution in [2.75, 3.05) is 25.0 Å². The lowest BCUT2D eigenvalue weighted by molar-refractivity contribution is 0.102. The molecule has 1 aliphatic heterocycles. The Hall–Kier alpha value is -1.90. The number of sulfonamides is 1. The fourth-order valence-corrected chi connectivity index (χ4v) is 6.99. The van der Waals surface area contributed by atoms with Crippen LogP contribution in [0.1, 0.15) is 59.8 Å². The Bertz CT molecular complexity index is 1020. The first kappa shape index (κ1) is 21.3. The van der Waals surface area contributed by atoms with Gasteiger partial charge in [-0.3, -0.25) is 4.79 Å². The third kappa shape index (κ3) is 4.26. The van der Waals surface area contributed by atoms with E-state index in [1.807, 2.05) is 12.3 Å². The molecule has 4 rings (SSSR count). The minimum absolute atomic E-state index is 0.122. The van der Waals surface area contributed by atoms with E-state index in [9.17, 15) is 13.2 Å². The molecular weight excluding hydrogens is 420 g/mol. The molecule has 0 unspecified atom stereocenters. The summed E-state index contributed by atoms with van der Waals surface area (Å²) in [7, 11) is -3.68. The molecule has 2 aromatic rings. The van der Waals surface area contributed by atoms with Crippen molar-refractivity contribution < 1.29 is 17.9 Å². The van der Waals surface area contributed by atoms with Gasteiger partial charge in [-0.2, -0.15) is 4.31 Å². The van der Waals surface area contributed by atoms with E-state index in [2.05, 4.69) is 5.32 Å². The molecule has 30 heavy (non-hydrogen) atoms. The number of ether oxygens (including phenoxy) is 1. The number of nitrogens with zero attached hydrogens (tertiary/aromatic N) is 1. The lowest BCUT2D eigenvalue weighted by Gasteiger charge is -2.27. The van der Waals surface area contributed by atoms with Gasteiger partial charge in [0.05, 0.1) is 12.2 Å². The van der Waals surface area contributed by atoms with Crippen LogP contribution in [0.2, 0.25) is 0 Å². The van der Waals surface area contributed by atoms with Gasteiger partial charge in [0.2, 0.25) is 10.0 Å². The van der Waals surface area contributed by atoms with Gasteiger partial charge in [-0.15, -0.1) is 11.3 Å². The molecule has 162 valence electrons. The second-order valence-electron chi connectivity index (χ2n) is 7.77. The first-order valence-electron chi connectivity index (χ1n) is 10.7. The van der Waals surface area contributed by atoms with Gasteiger partial charge in [0.15, 0.2) is 0 Å². The highest BCUT2D eigenvalue weighted by Crippen LogP contribution is 2.33. The summed E-state index contributed by atoms with van der Waals surface area (Å²) in [5.74, 6) is 0.147. The number of rotatable bonds is 6. The van der Waals surface area contributed by atoms with E-state index in [0.29, 0.717) is 36.7 Å². The summed E-state index contributed by atoms with van der Waals surface area (Å²) in [6, 6.07) is 4.88. The standard InChI is InChI=1S/C22H28N2O4S2/c1-2-28-19-11-10-16(14-21(19)30(26,27)24-12-6-3-7-13-24)23-22(25)18-15-29-20-9-5-4-8-17(18)20/h10-11,14-15H,2-9,12-13H2,1H3,(H,23,25). The number of amides is 1. The molecule has 6 nitrogen and oxygen atoms in total. The fourth-order valence-electron chi connectivity index (χ4n) is 4.19. The van der Waals surface area contributed by atoms with Gasteiger partial charge >= 0.3 is 0 Å². The van der Waals surface area contributed by atoms with Crippen LogP contribution in [0.4, 0.5) is 5.69 Å². The number of benzene rings is 1. The van der Waals surface area contributed by atoms with E-state index in [1.165, 1.54) is 21.7 Å². The molecule has 1 fully saturated rings. The van der Waals surface area contributed by atoms with E-state index in [1.54, 1.807) is 23.5 Å². The molecule has 8 heteroatoms. The number of carbonyl (C=O) groups is 1. The smallest absolute Gasteiger partial charge is 0.256 e. The average molecular weight is 449 g/mol. The number of hydrogen-bond donors (Lipinski definition) is 1. The second kappa shape index (κ2) is 9.08. The van der Waals surface area contributed by atoms with Gasteiger partial charge in [0.25, 0.3) is 5.91 Å². The highest BCUT2D eigenvalue weighted by molar-refractivity contribution is 7.89. The van der Waals surface area contributed by atoms with Crippen molar-refractivity contribution in [1.82, 2.24) is 4.31 Å². The molecule has 2 heterocycles. The summed E-state index contributed by atoms with van der Waals surface area (Å²) in [4.78, 5) is 14.3. The lowest BCUT2D eigenvalue weighted by Crippen LogP contribution is -2.35. The zero-order valence-electron chi connectivity index (χ0n) is 17.3. The molecule has 0 atom stereocenters. The SMILES string of the molecule is CCOc1ccc(NC(=O)c2csc3c2CCCC3)cc1S(=O)(=O)N1CCCCC1. The van der Waals surface area contributed by atoms with Gasteiger partial charge in [-0.25, -0.2) is 8.42 Å². The van der Waals surface area contributed by atoms with E-state index in [4.69, 9.17) is 4.74 Å². The number of piperidine rings is 1. The molecule has 0 saturated carbocycles. The van der Waals surface area contributed by atoms with Crippen molar-refractivity contribution in [3.05, 3.63) is 39.6 Å². The van der Waals surface area contributed by atoms with Crippen molar-refractivity contribution in [2.45, 2.75) is 56.8 Å². The maximum atomic E-state index is 13.3. The first-order chi connectivity index (χ1) is 14.5. The highest BCUT2D eigenvalue weighted by Gasteiger charge is 2.29. The van der Waals surface area contributed by atoms with Crippen LogP contribution in [0.15, 0.2) is 28.5 Å². The third-order valence-electron chi connectivity index (χ3n) is 5.74. The van der Waals surface area contributed by atoms with Crippen molar-refractivity contribution in [3.8, 4) is 5.75 Å². The molecular formula is C22H28N2O4S2. The Morgan fingerprint density at radius 2 is 1.90 bits per heavy atom. The molecule has 1 saturated heterocycles. The summed E-state index contributed by atoms with van der Waals surface area (Å²) in [6.45, 7) is 3.24. The van der Waals surface area contributed by atoms with Crippen LogP contribution >= 0.6 is 11.3 Å². The normalized spacial score (nSPS) is 17.4. The summed E-state index contributed by atoms with van der Waals surface area (Å²) < 4.78 is 33.7. The molecule has 1 amide bonds. The minimum atomic E-state index is -3.68. The predicted octanol–water partition coefficient (Wildman–Crippen LogP) is 4.45. The number of carbonyl (C=O) groups excluding carboxylic acids is 1. The van der Waals surface area contributed by atoms with E-state index in [-0.39, 0.29) is 10.8 Å². The number of thiophene rings is 1. The van der Waals surface area contributed by atoms with Crippen molar-refractivity contribution in [2.24, 2.45) is 0 Å². The Labute approximate surface area is 182 Å². The highest BCUT2D eigenvalue weighted by atomic mass is 32.2. The molecule has 0 spiro atoms. The zero-order valence-corrected chi connectivity index (χ0v) is 18.9. The maximum absolute atomic E-state index is 13.3. The Morgan fingerprint density at radius 1 is 1.13 bits per heavy atom. The third-order valence-corrected chi connectivity index (χ3v) is 8.75. The van der Waals surface area contributed by atoms with Crippen LogP contribution in [0.25, 0.3) is 0 Å². The zero-order chi connectivity index (χ0) is 21.1. The van der Waals surface area contributed by atoms with E-state index in [0.717, 1.165) is 44.1 Å². The summed E-state index contributed by atoms with van der Waals surface area (Å²) in [5, 5.41) is 4.83. The number of aryl methyl sites for hydroxylation is 1. The molecule has 0 radical (unpaired) electrons. The fraction of sp³-hybridized carbons (Fsp3) is 0.500. The van der Waals surface area contributed by atoms with Gasteiger partial charge in [0, 0.05) is 29.0 Å². The predicted molar refractivity (Wildman–Crippen MR) is 119 cm³/mol. The molecule has 1 aromatic heterocycles. The van der Waals surface area contributed by atoms with Crippen LogP contribution in [0, 0.1) is 0 Å². The van der Waals surface area contributed by atoms with E-state index < -0.39 is 10.0 Å². The van der Waals surface area contributed by atoms with Crippen LogP contribution in [0.5, 0.6) is 5.75 Å². The monoisotopic (exact) mass is 448 g/mol. The van der Waals surface area contributed by atoms with Crippen LogP contribution < -0.4 is 10.1 Å². The molecule has 0 bridgehead atoms. The van der Waals surface area contributed by atoms with Gasteiger partial charge in [0.1, 0.15) is 10.6 Å². The van der Waals surface area contributed by atoms with Gasteiger partial charge < -0.3 is 10.1 Å². The topological polar surface area (TPSA) is 75.7 Å². The Balaban J connectivity index is 1.62. The van der Waals surface area contributed by atoms with Crippen molar-refractivity contribution >= 4 is 33.0 Å². The van der Waals surface area contributed by atoms with Gasteiger partial charge in [-0.05, 0) is 69.2 Å². The van der Waals surface area contributed by atoms with Crippen LogP contribution in [-0.4, -0.2) is 38.3 Å². The lowest BCUT2D eigenvalue weighted by atomic mass is 9.95. The van der Waals surface area contributed by atoms with Gasteiger partial charge in [-0.1, -0.05) is 6.42 Å². The summed E-state index contributed by atoms with van der Waals surface area (Å²) in [6.07, 6.45) is 7.02. The second-order valence-corrected chi connectivity index (χ2v) is 10.6. The van der Waals surface area contributed by atoms with Crippen LogP contribution in [0.3, 0.4) is 0 Å². The number of anilines is 1. The molecule has 2 aliphatic rings. The number of nitrogens with one attached hydrogen (secondary N) is 1. The summed E-state index contributed by atoms with van der Waals surface area (Å²) in [5.41, 5.74) is 2.33. The number of fused-ring (bicyclic) bond motifs is 1. The molecule has 1 aromatic carbocycles. The summed E-state index contributed by atoms with van der Waals surface area (Å²) >= 11 is 1.64. The molecule has 1 aliphatic carbocycles. The van der Waals surface area contributed by atoms with Crippen LogP contribution in [-0.2, 0) is 22.9 Å². The van der Waals surface area contributed by atoms with Crippen molar-refractivity contribution in [1.29, 1.82) is 0 Å². The first-order valence-corrected chi connectivity index (χ1v) is 13.0. The minimum Gasteiger partial charge on any atom is -0.492 e. The Kier molecular flexibility index (Phi) is 6.46. The Morgan fingerprint density at radius 3 is 2.67 bits per heavy atom. The largest absolute Gasteiger partial charge is 0.492 e. The quantitative estimate of drug-likeness (QED) is 0.708. The average Bonchev–Trinajstić information content (AvgIpc) is 3.20. The van der Waals surface area contributed by atoms with Crippen molar-refractivity contribution in [3.63, 3.8) is 0 Å². The maximum Gasteiger partial charge on any atom is 0.256 e. The van der Waals surface area contributed by atoms with E-state index >= 15 is 0 Å². The number of hydrogen-bond acceptors (Lipinski definition) is 5. The molecule has 1 N–H and O–H groups in total.